The fourth-order valence-electron chi connectivity index (χ4n) is 5.02. The van der Waals surface area contributed by atoms with E-state index in [9.17, 15) is 13.6 Å². The molecule has 6 rings (SSSR count). The van der Waals surface area contributed by atoms with E-state index in [-0.39, 0.29) is 52.6 Å². The first-order valence-corrected chi connectivity index (χ1v) is 13.9. The minimum Gasteiger partial charge on any atom is -0.471 e. The highest BCUT2D eigenvalue weighted by Gasteiger charge is 2.25. The molecule has 1 saturated heterocycles. The summed E-state index contributed by atoms with van der Waals surface area (Å²) < 4.78 is 76.7. The van der Waals surface area contributed by atoms with Crippen molar-refractivity contribution in [2.45, 2.75) is 32.1 Å². The molecule has 45 heavy (non-hydrogen) atoms. The van der Waals surface area contributed by atoms with Crippen LogP contribution in [-0.4, -0.2) is 40.3 Å². The van der Waals surface area contributed by atoms with Crippen LogP contribution in [0.25, 0.3) is 22.3 Å². The van der Waals surface area contributed by atoms with Gasteiger partial charge in [0.2, 0.25) is 0 Å². The van der Waals surface area contributed by atoms with Crippen molar-refractivity contribution in [3.05, 3.63) is 112 Å². The molecule has 1 aliphatic rings. The topological polar surface area (TPSA) is 99.3 Å². The van der Waals surface area contributed by atoms with Gasteiger partial charge >= 0.3 is 5.97 Å². The number of fused-ring (bicyclic) bond motifs is 1. The van der Waals surface area contributed by atoms with Crippen LogP contribution in [0.2, 0.25) is 0 Å². The Morgan fingerprint density at radius 1 is 0.978 bits per heavy atom. The minimum absolute atomic E-state index is 0.00186. The molecule has 0 saturated carbocycles. The molecule has 5 aromatic rings. The van der Waals surface area contributed by atoms with Gasteiger partial charge in [0, 0.05) is 24.2 Å². The molecule has 0 amide bonds. The van der Waals surface area contributed by atoms with E-state index in [0.717, 1.165) is 24.6 Å². The monoisotopic (exact) mass is 616 g/mol. The third-order valence-corrected chi connectivity index (χ3v) is 7.54. The van der Waals surface area contributed by atoms with Gasteiger partial charge in [0.1, 0.15) is 29.6 Å². The van der Waals surface area contributed by atoms with Crippen molar-refractivity contribution < 1.29 is 36.6 Å². The number of esters is 1. The predicted molar refractivity (Wildman–Crippen MR) is 153 cm³/mol. The number of carbonyl (C=O) groups excluding carboxylic acids is 1. The maximum absolute atomic E-state index is 15.5. The second-order valence-corrected chi connectivity index (χ2v) is 10.4. The maximum Gasteiger partial charge on any atom is 0.338 e. The number of rotatable bonds is 9. The van der Waals surface area contributed by atoms with Gasteiger partial charge in [-0.05, 0) is 54.4 Å². The number of halogens is 4. The summed E-state index contributed by atoms with van der Waals surface area (Å²) in [4.78, 5) is 20.7. The zero-order valence-corrected chi connectivity index (χ0v) is 23.8. The molecular weight excluding hydrogens is 592 g/mol. The predicted octanol–water partition coefficient (Wildman–Crippen LogP) is 6.27. The lowest BCUT2D eigenvalue weighted by Crippen LogP contribution is -2.31. The number of aromatic nitrogens is 3. The summed E-state index contributed by atoms with van der Waals surface area (Å²) in [7, 11) is 1.20. The molecule has 8 nitrogen and oxygen atoms in total. The number of nitriles is 1. The Bertz CT molecular complexity index is 1980. The average Bonchev–Trinajstić information content (AvgIpc) is 3.36. The Labute approximate surface area is 254 Å². The summed E-state index contributed by atoms with van der Waals surface area (Å²) >= 11 is 0. The summed E-state index contributed by atoms with van der Waals surface area (Å²) in [6.45, 7) is 0.595. The zero-order valence-electron chi connectivity index (χ0n) is 23.8. The van der Waals surface area contributed by atoms with Crippen LogP contribution in [-0.2, 0) is 29.0 Å². The van der Waals surface area contributed by atoms with Gasteiger partial charge < -0.3 is 18.8 Å². The van der Waals surface area contributed by atoms with Crippen LogP contribution in [0.4, 0.5) is 17.6 Å². The largest absolute Gasteiger partial charge is 0.471 e. The van der Waals surface area contributed by atoms with Crippen molar-refractivity contribution >= 4 is 17.0 Å². The molecule has 0 spiro atoms. The summed E-state index contributed by atoms with van der Waals surface area (Å²) in [5, 5.41) is 8.90. The molecule has 0 unspecified atom stereocenters. The Morgan fingerprint density at radius 2 is 1.76 bits per heavy atom. The first-order valence-electron chi connectivity index (χ1n) is 13.9. The SMILES string of the molecule is COC(=O)c1cc(F)c2nc(Cc3ccc(-c4ccc(F)c(OCc5ccc(C#N)cc5F)n4)cc3F)n(C[C@@H]3CCO3)c2c1. The standard InChI is InChI=1S/C33H24F4N4O4/c1-43-33(42)22-12-27(37)31-29(13-22)41(16-23-8-9-44-23)30(40-31)14-19-4-5-20(11-26(19)36)28-7-6-24(34)32(39-28)45-17-21-3-2-18(15-38)10-25(21)35/h2-7,10-13,23H,8-9,14,16-17H2,1H3/t23-/m0/s1. The summed E-state index contributed by atoms with van der Waals surface area (Å²) in [6, 6.07) is 15.0. The average molecular weight is 617 g/mol. The fraction of sp³-hybridized carbons (Fsp3) is 0.212. The van der Waals surface area contributed by atoms with Crippen LogP contribution >= 0.6 is 0 Å². The Morgan fingerprint density at radius 3 is 2.44 bits per heavy atom. The number of benzene rings is 3. The lowest BCUT2D eigenvalue weighted by molar-refractivity contribution is -0.0589. The highest BCUT2D eigenvalue weighted by molar-refractivity contribution is 5.94. The third kappa shape index (κ3) is 6.07. The number of hydrogen-bond acceptors (Lipinski definition) is 7. The second kappa shape index (κ2) is 12.4. The van der Waals surface area contributed by atoms with Gasteiger partial charge in [0.15, 0.2) is 11.6 Å². The summed E-state index contributed by atoms with van der Waals surface area (Å²) in [6.07, 6.45) is 0.662. The van der Waals surface area contributed by atoms with Gasteiger partial charge in [-0.2, -0.15) is 5.26 Å². The van der Waals surface area contributed by atoms with Crippen molar-refractivity contribution in [2.24, 2.45) is 0 Å². The van der Waals surface area contributed by atoms with E-state index >= 15 is 8.78 Å². The van der Waals surface area contributed by atoms with E-state index in [2.05, 4.69) is 9.97 Å². The molecule has 0 N–H and O–H groups in total. The molecule has 2 aromatic heterocycles. The Balaban J connectivity index is 1.27. The quantitative estimate of drug-likeness (QED) is 0.142. The van der Waals surface area contributed by atoms with Crippen LogP contribution in [0.1, 0.15) is 39.3 Å². The normalized spacial score (nSPS) is 14.2. The molecule has 3 aromatic carbocycles. The summed E-state index contributed by atoms with van der Waals surface area (Å²) in [5.74, 6) is -3.50. The van der Waals surface area contributed by atoms with Crippen molar-refractivity contribution in [1.82, 2.24) is 14.5 Å². The smallest absolute Gasteiger partial charge is 0.338 e. The maximum atomic E-state index is 15.5. The van der Waals surface area contributed by atoms with Crippen molar-refractivity contribution in [2.75, 3.05) is 13.7 Å². The minimum atomic E-state index is -0.790. The van der Waals surface area contributed by atoms with Gasteiger partial charge in [-0.3, -0.25) is 0 Å². The number of pyridine rings is 1. The summed E-state index contributed by atoms with van der Waals surface area (Å²) in [5.41, 5.74) is 1.47. The second-order valence-electron chi connectivity index (χ2n) is 10.4. The highest BCUT2D eigenvalue weighted by atomic mass is 19.1. The molecule has 3 heterocycles. The number of imidazole rings is 1. The van der Waals surface area contributed by atoms with Crippen molar-refractivity contribution in [3.8, 4) is 23.2 Å². The van der Waals surface area contributed by atoms with Gasteiger partial charge in [0.25, 0.3) is 5.88 Å². The molecule has 1 atom stereocenters. The van der Waals surface area contributed by atoms with Gasteiger partial charge in [0.05, 0.1) is 48.2 Å². The van der Waals surface area contributed by atoms with Gasteiger partial charge in [-0.25, -0.2) is 32.3 Å². The molecule has 0 bridgehead atoms. The van der Waals surface area contributed by atoms with Crippen LogP contribution < -0.4 is 4.74 Å². The van der Waals surface area contributed by atoms with E-state index in [0.29, 0.717) is 30.1 Å². The fourth-order valence-corrected chi connectivity index (χ4v) is 5.02. The van der Waals surface area contributed by atoms with E-state index in [1.807, 2.05) is 6.07 Å². The molecule has 12 heteroatoms. The molecule has 0 aliphatic carbocycles. The number of methoxy groups -OCH3 is 1. The molecule has 1 fully saturated rings. The lowest BCUT2D eigenvalue weighted by atomic mass is 10.0. The molecule has 0 radical (unpaired) electrons. The number of carbonyl (C=O) groups is 1. The van der Waals surface area contributed by atoms with E-state index in [1.165, 1.54) is 43.5 Å². The lowest BCUT2D eigenvalue weighted by Gasteiger charge is -2.27. The Kier molecular flexibility index (Phi) is 8.19. The highest BCUT2D eigenvalue weighted by Crippen LogP contribution is 2.29. The van der Waals surface area contributed by atoms with E-state index in [1.54, 1.807) is 10.6 Å². The molecule has 1 aliphatic heterocycles. The van der Waals surface area contributed by atoms with Crippen LogP contribution in [0.15, 0.2) is 60.7 Å². The first kappa shape index (κ1) is 29.8. The molecular formula is C33H24F4N4O4. The van der Waals surface area contributed by atoms with Crippen LogP contribution in [0.3, 0.4) is 0 Å². The third-order valence-electron chi connectivity index (χ3n) is 7.54. The molecule has 228 valence electrons. The number of hydrogen-bond donors (Lipinski definition) is 0. The van der Waals surface area contributed by atoms with Crippen molar-refractivity contribution in [3.63, 3.8) is 0 Å². The van der Waals surface area contributed by atoms with Crippen LogP contribution in [0.5, 0.6) is 5.88 Å². The van der Waals surface area contributed by atoms with E-state index in [4.69, 9.17) is 19.5 Å². The van der Waals surface area contributed by atoms with Crippen molar-refractivity contribution in [1.29, 1.82) is 5.26 Å². The van der Waals surface area contributed by atoms with Crippen LogP contribution in [0, 0.1) is 34.6 Å². The zero-order chi connectivity index (χ0) is 31.7. The van der Waals surface area contributed by atoms with Gasteiger partial charge in [-0.15, -0.1) is 0 Å². The first-order chi connectivity index (χ1) is 21.7. The van der Waals surface area contributed by atoms with Gasteiger partial charge in [-0.1, -0.05) is 18.2 Å². The number of nitrogens with zero attached hydrogens (tertiary/aromatic N) is 4. The van der Waals surface area contributed by atoms with E-state index < -0.39 is 35.1 Å². The number of ether oxygens (including phenoxy) is 3. The Hall–Kier alpha value is -5.28.